The van der Waals surface area contributed by atoms with Gasteiger partial charge in [0, 0.05) is 24.1 Å². The van der Waals surface area contributed by atoms with E-state index in [1.54, 1.807) is 21.3 Å². The minimum atomic E-state index is 0.480. The van der Waals surface area contributed by atoms with Gasteiger partial charge in [-0.05, 0) is 6.42 Å². The number of methoxy groups -OCH3 is 3. The van der Waals surface area contributed by atoms with Crippen molar-refractivity contribution in [2.75, 3.05) is 27.1 Å². The molecule has 1 aromatic heterocycles. The Bertz CT molecular complexity index is 561. The lowest BCUT2D eigenvalue weighted by atomic mass is 10.1. The molecule has 0 aliphatic carbocycles. The van der Waals surface area contributed by atoms with E-state index in [0.29, 0.717) is 10.9 Å². The smallest absolute Gasteiger partial charge is 0.203 e. The van der Waals surface area contributed by atoms with Crippen molar-refractivity contribution in [2.24, 2.45) is 0 Å². The Morgan fingerprint density at radius 3 is 2.10 bits per heavy atom. The summed E-state index contributed by atoms with van der Waals surface area (Å²) in [5, 5.41) is 9.19. The molecule has 0 spiro atoms. The summed E-state index contributed by atoms with van der Waals surface area (Å²) in [6, 6.07) is 3.68. The highest BCUT2D eigenvalue weighted by Gasteiger charge is 2.14. The number of hydrogen-bond acceptors (Lipinski definition) is 7. The molecule has 6 nitrogen and oxygen atoms in total. The number of anilines is 1. The van der Waals surface area contributed by atoms with Crippen molar-refractivity contribution in [3.8, 4) is 17.2 Å². The molecule has 0 radical (unpaired) electrons. The SMILES string of the molecule is COc1cc(OC)c(CCc2nnc(N)s2)c(OC)c1. The molecule has 0 bridgehead atoms. The molecule has 0 amide bonds. The van der Waals surface area contributed by atoms with E-state index in [9.17, 15) is 0 Å². The first-order chi connectivity index (χ1) is 9.67. The standard InChI is InChI=1S/C13H17N3O3S/c1-17-8-6-10(18-2)9(11(7-8)19-3)4-5-12-15-16-13(14)20-12/h6-7H,4-5H2,1-3H3,(H2,14,16). The van der Waals surface area contributed by atoms with Gasteiger partial charge in [-0.15, -0.1) is 10.2 Å². The number of nitrogens with zero attached hydrogens (tertiary/aromatic N) is 2. The summed E-state index contributed by atoms with van der Waals surface area (Å²) in [5.41, 5.74) is 6.55. The van der Waals surface area contributed by atoms with E-state index in [-0.39, 0.29) is 0 Å². The molecule has 0 fully saturated rings. The molecule has 0 atom stereocenters. The van der Waals surface area contributed by atoms with Gasteiger partial charge in [0.25, 0.3) is 0 Å². The molecule has 0 saturated carbocycles. The van der Waals surface area contributed by atoms with Gasteiger partial charge in [-0.25, -0.2) is 0 Å². The topological polar surface area (TPSA) is 79.5 Å². The van der Waals surface area contributed by atoms with Gasteiger partial charge in [-0.3, -0.25) is 0 Å². The third kappa shape index (κ3) is 3.11. The van der Waals surface area contributed by atoms with Crippen molar-refractivity contribution in [3.05, 3.63) is 22.7 Å². The van der Waals surface area contributed by atoms with E-state index in [4.69, 9.17) is 19.9 Å². The Morgan fingerprint density at radius 2 is 1.65 bits per heavy atom. The Kier molecular flexibility index (Phi) is 4.62. The van der Waals surface area contributed by atoms with Crippen molar-refractivity contribution in [1.82, 2.24) is 10.2 Å². The summed E-state index contributed by atoms with van der Waals surface area (Å²) < 4.78 is 16.0. The highest BCUT2D eigenvalue weighted by atomic mass is 32.1. The van der Waals surface area contributed by atoms with E-state index < -0.39 is 0 Å². The maximum absolute atomic E-state index is 5.58. The molecule has 2 rings (SSSR count). The average Bonchev–Trinajstić information content (AvgIpc) is 2.89. The van der Waals surface area contributed by atoms with Gasteiger partial charge in [0.1, 0.15) is 22.3 Å². The second-order valence-corrected chi connectivity index (χ2v) is 5.14. The van der Waals surface area contributed by atoms with Crippen molar-refractivity contribution in [1.29, 1.82) is 0 Å². The highest BCUT2D eigenvalue weighted by molar-refractivity contribution is 7.15. The largest absolute Gasteiger partial charge is 0.496 e. The van der Waals surface area contributed by atoms with Crippen LogP contribution < -0.4 is 19.9 Å². The molecule has 1 heterocycles. The van der Waals surface area contributed by atoms with Gasteiger partial charge in [-0.2, -0.15) is 0 Å². The fourth-order valence-corrected chi connectivity index (χ4v) is 2.53. The monoisotopic (exact) mass is 295 g/mol. The average molecular weight is 295 g/mol. The molecule has 0 aliphatic heterocycles. The van der Waals surface area contributed by atoms with Crippen LogP contribution in [0.15, 0.2) is 12.1 Å². The minimum absolute atomic E-state index is 0.480. The molecule has 2 N–H and O–H groups in total. The first-order valence-corrected chi connectivity index (χ1v) is 6.86. The Morgan fingerprint density at radius 1 is 1.00 bits per heavy atom. The number of aryl methyl sites for hydroxylation is 1. The van der Waals surface area contributed by atoms with Crippen molar-refractivity contribution >= 4 is 16.5 Å². The lowest BCUT2D eigenvalue weighted by Crippen LogP contribution is -2.00. The van der Waals surface area contributed by atoms with Crippen LogP contribution in [0.5, 0.6) is 17.2 Å². The Hall–Kier alpha value is -2.02. The third-order valence-electron chi connectivity index (χ3n) is 2.89. The van der Waals surface area contributed by atoms with E-state index in [1.807, 2.05) is 12.1 Å². The first kappa shape index (κ1) is 14.4. The Labute approximate surface area is 121 Å². The van der Waals surface area contributed by atoms with Crippen LogP contribution in [0.25, 0.3) is 0 Å². The number of nitrogen functional groups attached to an aromatic ring is 1. The van der Waals surface area contributed by atoms with Crippen molar-refractivity contribution < 1.29 is 14.2 Å². The number of nitrogens with two attached hydrogens (primary N) is 1. The van der Waals surface area contributed by atoms with Crippen molar-refractivity contribution in [3.63, 3.8) is 0 Å². The predicted molar refractivity (Wildman–Crippen MR) is 77.8 cm³/mol. The molecule has 108 valence electrons. The van der Waals surface area contributed by atoms with Crippen LogP contribution in [0.3, 0.4) is 0 Å². The highest BCUT2D eigenvalue weighted by Crippen LogP contribution is 2.35. The summed E-state index contributed by atoms with van der Waals surface area (Å²) >= 11 is 1.39. The maximum Gasteiger partial charge on any atom is 0.203 e. The lowest BCUT2D eigenvalue weighted by Gasteiger charge is -2.14. The van der Waals surface area contributed by atoms with Gasteiger partial charge in [0.15, 0.2) is 0 Å². The van der Waals surface area contributed by atoms with Crippen molar-refractivity contribution in [2.45, 2.75) is 12.8 Å². The summed E-state index contributed by atoms with van der Waals surface area (Å²) in [4.78, 5) is 0. The van der Waals surface area contributed by atoms with Gasteiger partial charge < -0.3 is 19.9 Å². The van der Waals surface area contributed by atoms with Crippen LogP contribution in [0.1, 0.15) is 10.6 Å². The normalized spacial score (nSPS) is 10.3. The number of ether oxygens (including phenoxy) is 3. The summed E-state index contributed by atoms with van der Waals surface area (Å²) in [7, 11) is 4.86. The Balaban J connectivity index is 2.24. The second-order valence-electron chi connectivity index (χ2n) is 4.04. The van der Waals surface area contributed by atoms with Crippen LogP contribution in [0, 0.1) is 0 Å². The maximum atomic E-state index is 5.58. The molecule has 2 aromatic rings. The fraction of sp³-hybridized carbons (Fsp3) is 0.385. The minimum Gasteiger partial charge on any atom is -0.496 e. The van der Waals surface area contributed by atoms with Gasteiger partial charge >= 0.3 is 0 Å². The molecule has 0 unspecified atom stereocenters. The van der Waals surface area contributed by atoms with Gasteiger partial charge in [-0.1, -0.05) is 11.3 Å². The van der Waals surface area contributed by atoms with Crippen LogP contribution in [0.2, 0.25) is 0 Å². The zero-order valence-electron chi connectivity index (χ0n) is 11.7. The quantitative estimate of drug-likeness (QED) is 0.877. The number of hydrogen-bond donors (Lipinski definition) is 1. The number of rotatable bonds is 6. The first-order valence-electron chi connectivity index (χ1n) is 6.04. The van der Waals surface area contributed by atoms with E-state index in [1.165, 1.54) is 11.3 Å². The molecule has 7 heteroatoms. The van der Waals surface area contributed by atoms with Crippen LogP contribution >= 0.6 is 11.3 Å². The molecule has 20 heavy (non-hydrogen) atoms. The predicted octanol–water partition coefficient (Wildman–Crippen LogP) is 1.93. The zero-order chi connectivity index (χ0) is 14.5. The van der Waals surface area contributed by atoms with Crippen LogP contribution in [0.4, 0.5) is 5.13 Å². The zero-order valence-corrected chi connectivity index (χ0v) is 12.5. The number of aromatic nitrogens is 2. The van der Waals surface area contributed by atoms with E-state index in [0.717, 1.165) is 34.9 Å². The van der Waals surface area contributed by atoms with Gasteiger partial charge in [0.2, 0.25) is 5.13 Å². The van der Waals surface area contributed by atoms with Gasteiger partial charge in [0.05, 0.1) is 21.3 Å². The molecule has 0 saturated heterocycles. The summed E-state index contributed by atoms with van der Waals surface area (Å²) in [5.74, 6) is 2.17. The lowest BCUT2D eigenvalue weighted by molar-refractivity contribution is 0.368. The number of benzene rings is 1. The molecule has 0 aliphatic rings. The molecular formula is C13H17N3O3S. The van der Waals surface area contributed by atoms with Crippen LogP contribution in [-0.4, -0.2) is 31.5 Å². The fourth-order valence-electron chi connectivity index (χ4n) is 1.92. The summed E-state index contributed by atoms with van der Waals surface area (Å²) in [6.45, 7) is 0. The second kappa shape index (κ2) is 6.42. The van der Waals surface area contributed by atoms with E-state index >= 15 is 0 Å². The summed E-state index contributed by atoms with van der Waals surface area (Å²) in [6.07, 6.45) is 1.46. The molecular weight excluding hydrogens is 278 g/mol. The third-order valence-corrected chi connectivity index (χ3v) is 3.70. The van der Waals surface area contributed by atoms with Crippen LogP contribution in [-0.2, 0) is 12.8 Å². The molecule has 1 aromatic carbocycles. The van der Waals surface area contributed by atoms with E-state index in [2.05, 4.69) is 10.2 Å².